The van der Waals surface area contributed by atoms with Gasteiger partial charge in [-0.1, -0.05) is 11.8 Å². The molecular formula is C21H18F3NO4. The number of aromatic hydroxyl groups is 1. The van der Waals surface area contributed by atoms with Gasteiger partial charge in [0.2, 0.25) is 5.91 Å². The van der Waals surface area contributed by atoms with E-state index < -0.39 is 29.4 Å². The van der Waals surface area contributed by atoms with Crippen LogP contribution in [0.15, 0.2) is 36.4 Å². The molecule has 0 radical (unpaired) electrons. The highest BCUT2D eigenvalue weighted by atomic mass is 19.4. The van der Waals surface area contributed by atoms with E-state index in [4.69, 9.17) is 10.5 Å². The Bertz CT molecular complexity index is 988. The minimum atomic E-state index is -4.69. The first-order valence-corrected chi connectivity index (χ1v) is 8.62. The number of nitrogens with two attached hydrogens (primary N) is 1. The maximum absolute atomic E-state index is 13.2. The Kier molecular flexibility index (Phi) is 6.89. The summed E-state index contributed by atoms with van der Waals surface area (Å²) in [6.07, 6.45) is -4.55. The van der Waals surface area contributed by atoms with Crippen molar-refractivity contribution in [1.82, 2.24) is 0 Å². The van der Waals surface area contributed by atoms with Crippen LogP contribution in [0, 0.1) is 11.8 Å². The molecular weight excluding hydrogens is 387 g/mol. The molecule has 0 aliphatic rings. The lowest BCUT2D eigenvalue weighted by atomic mass is 9.99. The molecule has 0 bridgehead atoms. The van der Waals surface area contributed by atoms with Crippen molar-refractivity contribution in [2.45, 2.75) is 25.9 Å². The highest BCUT2D eigenvalue weighted by Gasteiger charge is 2.33. The summed E-state index contributed by atoms with van der Waals surface area (Å²) in [7, 11) is 0. The van der Waals surface area contributed by atoms with E-state index >= 15 is 0 Å². The third-order valence-electron chi connectivity index (χ3n) is 3.90. The molecule has 0 saturated heterocycles. The Balaban J connectivity index is 2.48. The van der Waals surface area contributed by atoms with Crippen LogP contribution in [0.25, 0.3) is 0 Å². The monoisotopic (exact) mass is 405 g/mol. The van der Waals surface area contributed by atoms with Crippen LogP contribution < -0.4 is 5.73 Å². The predicted molar refractivity (Wildman–Crippen MR) is 99.0 cm³/mol. The van der Waals surface area contributed by atoms with Crippen molar-refractivity contribution < 1.29 is 32.6 Å². The van der Waals surface area contributed by atoms with Crippen molar-refractivity contribution in [2.75, 3.05) is 6.61 Å². The van der Waals surface area contributed by atoms with Crippen LogP contribution in [0.1, 0.15) is 46.0 Å². The van der Waals surface area contributed by atoms with E-state index in [1.165, 1.54) is 18.2 Å². The number of rotatable bonds is 5. The summed E-state index contributed by atoms with van der Waals surface area (Å²) >= 11 is 0. The summed E-state index contributed by atoms with van der Waals surface area (Å²) in [5.41, 5.74) is 4.85. The largest absolute Gasteiger partial charge is 0.508 e. The quantitative estimate of drug-likeness (QED) is 0.589. The summed E-state index contributed by atoms with van der Waals surface area (Å²) in [6, 6.07) is 7.17. The Morgan fingerprint density at radius 3 is 2.38 bits per heavy atom. The van der Waals surface area contributed by atoms with Crippen LogP contribution in [0.3, 0.4) is 0 Å². The third kappa shape index (κ3) is 6.01. The highest BCUT2D eigenvalue weighted by molar-refractivity contribution is 5.90. The van der Waals surface area contributed by atoms with E-state index in [0.717, 1.165) is 12.1 Å². The molecule has 0 saturated carbocycles. The Hall–Kier alpha value is -3.47. The maximum atomic E-state index is 13.2. The summed E-state index contributed by atoms with van der Waals surface area (Å²) < 4.78 is 44.5. The highest BCUT2D eigenvalue weighted by Crippen LogP contribution is 2.33. The number of phenolic OH excluding ortho intramolecular Hbond substituents is 1. The molecule has 2 aromatic carbocycles. The number of halogens is 3. The fourth-order valence-electron chi connectivity index (χ4n) is 2.53. The van der Waals surface area contributed by atoms with Gasteiger partial charge >= 0.3 is 12.1 Å². The van der Waals surface area contributed by atoms with Crippen LogP contribution in [0.5, 0.6) is 5.75 Å². The maximum Gasteiger partial charge on any atom is 0.417 e. The number of hydrogen-bond acceptors (Lipinski definition) is 4. The number of aryl methyl sites for hydroxylation is 1. The first-order chi connectivity index (χ1) is 13.6. The van der Waals surface area contributed by atoms with Gasteiger partial charge in [0.15, 0.2) is 0 Å². The molecule has 5 nitrogen and oxygen atoms in total. The van der Waals surface area contributed by atoms with E-state index in [9.17, 15) is 27.9 Å². The van der Waals surface area contributed by atoms with Gasteiger partial charge in [0, 0.05) is 17.5 Å². The number of amides is 1. The van der Waals surface area contributed by atoms with Gasteiger partial charge in [0.05, 0.1) is 17.7 Å². The van der Waals surface area contributed by atoms with Crippen LogP contribution in [0.2, 0.25) is 0 Å². The molecule has 2 aromatic rings. The SMILES string of the molecule is CCOC(=O)c1ccc(C#Cc2ccc(O)cc2C(F)(F)F)c(CCC(N)=O)c1. The fourth-order valence-corrected chi connectivity index (χ4v) is 2.53. The first-order valence-electron chi connectivity index (χ1n) is 8.62. The molecule has 0 aliphatic heterocycles. The molecule has 0 heterocycles. The fraction of sp³-hybridized carbons (Fsp3) is 0.238. The van der Waals surface area contributed by atoms with Crippen molar-refractivity contribution in [3.05, 3.63) is 64.2 Å². The van der Waals surface area contributed by atoms with Gasteiger partial charge in [-0.25, -0.2) is 4.79 Å². The molecule has 3 N–H and O–H groups in total. The van der Waals surface area contributed by atoms with Gasteiger partial charge in [-0.2, -0.15) is 13.2 Å². The topological polar surface area (TPSA) is 89.6 Å². The van der Waals surface area contributed by atoms with Gasteiger partial charge in [-0.3, -0.25) is 4.79 Å². The Labute approximate surface area is 165 Å². The van der Waals surface area contributed by atoms with Gasteiger partial charge in [-0.15, -0.1) is 0 Å². The Morgan fingerprint density at radius 1 is 1.10 bits per heavy atom. The van der Waals surface area contributed by atoms with E-state index in [1.807, 2.05) is 0 Å². The number of carbonyl (C=O) groups is 2. The average Bonchev–Trinajstić information content (AvgIpc) is 2.65. The second-order valence-corrected chi connectivity index (χ2v) is 6.04. The number of phenols is 1. The summed E-state index contributed by atoms with van der Waals surface area (Å²) in [5.74, 6) is 3.44. The number of alkyl halides is 3. The molecule has 1 amide bonds. The lowest BCUT2D eigenvalue weighted by molar-refractivity contribution is -0.137. The summed E-state index contributed by atoms with van der Waals surface area (Å²) in [6.45, 7) is 1.83. The number of ether oxygens (including phenoxy) is 1. The van der Waals surface area contributed by atoms with Crippen molar-refractivity contribution in [2.24, 2.45) is 5.73 Å². The van der Waals surface area contributed by atoms with Gasteiger partial charge in [0.1, 0.15) is 5.75 Å². The minimum absolute atomic E-state index is 0.0199. The van der Waals surface area contributed by atoms with E-state index in [0.29, 0.717) is 17.2 Å². The molecule has 0 fully saturated rings. The summed E-state index contributed by atoms with van der Waals surface area (Å²) in [4.78, 5) is 23.0. The molecule has 0 atom stereocenters. The predicted octanol–water partition coefficient (Wildman–Crippen LogP) is 3.41. The molecule has 29 heavy (non-hydrogen) atoms. The van der Waals surface area contributed by atoms with Crippen molar-refractivity contribution >= 4 is 11.9 Å². The van der Waals surface area contributed by atoms with Gasteiger partial charge < -0.3 is 15.6 Å². The van der Waals surface area contributed by atoms with Crippen molar-refractivity contribution in [3.8, 4) is 17.6 Å². The third-order valence-corrected chi connectivity index (χ3v) is 3.90. The molecule has 0 aromatic heterocycles. The standard InChI is InChI=1S/C21H18F3NO4/c1-2-29-20(28)16-6-4-13(15(11-16)8-10-19(25)27)3-5-14-7-9-17(26)12-18(14)21(22,23)24/h4,6-7,9,11-12,26H,2,8,10H2,1H3,(H2,25,27). The van der Waals surface area contributed by atoms with Crippen molar-refractivity contribution in [3.63, 3.8) is 0 Å². The van der Waals surface area contributed by atoms with Crippen LogP contribution in [-0.4, -0.2) is 23.6 Å². The minimum Gasteiger partial charge on any atom is -0.508 e. The zero-order valence-electron chi connectivity index (χ0n) is 15.5. The van der Waals surface area contributed by atoms with Crippen LogP contribution in [-0.2, 0) is 22.1 Å². The zero-order chi connectivity index (χ0) is 21.6. The number of carbonyl (C=O) groups excluding carboxylic acids is 2. The normalized spacial score (nSPS) is 10.8. The second-order valence-electron chi connectivity index (χ2n) is 6.04. The number of primary amides is 1. The second kappa shape index (κ2) is 9.15. The van der Waals surface area contributed by atoms with E-state index in [-0.39, 0.29) is 30.6 Å². The first kappa shape index (κ1) is 21.8. The molecule has 0 aliphatic carbocycles. The molecule has 2 rings (SSSR count). The van der Waals surface area contributed by atoms with Crippen LogP contribution >= 0.6 is 0 Å². The van der Waals surface area contributed by atoms with Crippen LogP contribution in [0.4, 0.5) is 13.2 Å². The summed E-state index contributed by atoms with van der Waals surface area (Å²) in [5, 5.41) is 9.34. The molecule has 8 heteroatoms. The smallest absolute Gasteiger partial charge is 0.417 e. The number of benzene rings is 2. The molecule has 0 unspecified atom stereocenters. The molecule has 0 spiro atoms. The zero-order valence-corrected chi connectivity index (χ0v) is 15.5. The van der Waals surface area contributed by atoms with Gasteiger partial charge in [-0.05, 0) is 55.3 Å². The van der Waals surface area contributed by atoms with E-state index in [1.54, 1.807) is 6.92 Å². The lowest BCUT2D eigenvalue weighted by Gasteiger charge is -2.10. The van der Waals surface area contributed by atoms with E-state index in [2.05, 4.69) is 11.8 Å². The van der Waals surface area contributed by atoms with Gasteiger partial charge in [0.25, 0.3) is 0 Å². The molecule has 152 valence electrons. The van der Waals surface area contributed by atoms with Crippen molar-refractivity contribution in [1.29, 1.82) is 0 Å². The average molecular weight is 405 g/mol. The lowest BCUT2D eigenvalue weighted by Crippen LogP contribution is -2.12. The number of esters is 1. The number of hydrogen-bond donors (Lipinski definition) is 2. The Morgan fingerprint density at radius 2 is 1.76 bits per heavy atom.